The third-order valence-corrected chi connectivity index (χ3v) is 3.83. The molecule has 1 aliphatic rings. The van der Waals surface area contributed by atoms with Crippen LogP contribution in [0.5, 0.6) is 5.75 Å². The Morgan fingerprint density at radius 3 is 2.72 bits per heavy atom. The summed E-state index contributed by atoms with van der Waals surface area (Å²) in [5.41, 5.74) is 1.38. The summed E-state index contributed by atoms with van der Waals surface area (Å²) in [6.07, 6.45) is 2.24. The van der Waals surface area contributed by atoms with E-state index < -0.39 is 0 Å². The fourth-order valence-corrected chi connectivity index (χ4v) is 2.48. The van der Waals surface area contributed by atoms with Gasteiger partial charge in [-0.3, -0.25) is 4.79 Å². The molecule has 2 unspecified atom stereocenters. The van der Waals surface area contributed by atoms with Crippen LogP contribution in [0, 0.1) is 12.8 Å². The lowest BCUT2D eigenvalue weighted by Crippen LogP contribution is -2.44. The van der Waals surface area contributed by atoms with Crippen LogP contribution in [-0.2, 0) is 0 Å². The highest BCUT2D eigenvalue weighted by Crippen LogP contribution is 2.25. The summed E-state index contributed by atoms with van der Waals surface area (Å²) in [4.78, 5) is 14.4. The lowest BCUT2D eigenvalue weighted by Gasteiger charge is -2.36. The molecule has 1 fully saturated rings. The predicted octanol–water partition coefficient (Wildman–Crippen LogP) is 2.96. The molecule has 2 atom stereocenters. The van der Waals surface area contributed by atoms with Crippen LogP contribution in [0.2, 0.25) is 0 Å². The molecule has 3 nitrogen and oxygen atoms in total. The Kier molecular flexibility index (Phi) is 3.60. The molecule has 1 aromatic carbocycles. The fraction of sp³-hybridized carbons (Fsp3) is 0.533. The summed E-state index contributed by atoms with van der Waals surface area (Å²) in [5.74, 6) is 0.784. The number of aromatic hydroxyl groups is 1. The van der Waals surface area contributed by atoms with Gasteiger partial charge in [0.1, 0.15) is 5.75 Å². The van der Waals surface area contributed by atoms with Gasteiger partial charge in [-0.05, 0) is 50.3 Å². The number of likely N-dealkylation sites (tertiary alicyclic amines) is 1. The first-order valence-electron chi connectivity index (χ1n) is 6.59. The van der Waals surface area contributed by atoms with E-state index in [0.29, 0.717) is 11.5 Å². The molecule has 3 heteroatoms. The first-order chi connectivity index (χ1) is 8.49. The van der Waals surface area contributed by atoms with E-state index in [2.05, 4.69) is 13.8 Å². The maximum absolute atomic E-state index is 12.4. The van der Waals surface area contributed by atoms with Gasteiger partial charge in [-0.15, -0.1) is 0 Å². The molecule has 1 N–H and O–H groups in total. The monoisotopic (exact) mass is 247 g/mol. The lowest BCUT2D eigenvalue weighted by molar-refractivity contribution is 0.0573. The number of hydrogen-bond donors (Lipinski definition) is 1. The second-order valence-electron chi connectivity index (χ2n) is 5.49. The maximum Gasteiger partial charge on any atom is 0.254 e. The van der Waals surface area contributed by atoms with Crippen LogP contribution in [0.15, 0.2) is 18.2 Å². The summed E-state index contributed by atoms with van der Waals surface area (Å²) in [5, 5.41) is 9.69. The molecular formula is C15H21NO2. The first-order valence-corrected chi connectivity index (χ1v) is 6.59. The fourth-order valence-electron chi connectivity index (χ4n) is 2.48. The van der Waals surface area contributed by atoms with E-state index in [1.165, 1.54) is 6.42 Å². The normalized spacial score (nSPS) is 24.1. The van der Waals surface area contributed by atoms with Crippen molar-refractivity contribution in [2.24, 2.45) is 5.92 Å². The second kappa shape index (κ2) is 5.01. The molecule has 1 aromatic rings. The Morgan fingerprint density at radius 1 is 1.33 bits per heavy atom. The molecule has 1 amide bonds. The highest BCUT2D eigenvalue weighted by atomic mass is 16.3. The van der Waals surface area contributed by atoms with Crippen LogP contribution in [0.4, 0.5) is 0 Å². The molecule has 0 aromatic heterocycles. The Morgan fingerprint density at radius 2 is 2.06 bits per heavy atom. The molecule has 1 saturated heterocycles. The molecule has 0 saturated carbocycles. The maximum atomic E-state index is 12.4. The number of carbonyl (C=O) groups excluding carboxylic acids is 1. The van der Waals surface area contributed by atoms with Gasteiger partial charge in [-0.25, -0.2) is 0 Å². The number of rotatable bonds is 1. The van der Waals surface area contributed by atoms with Crippen molar-refractivity contribution in [3.05, 3.63) is 29.3 Å². The van der Waals surface area contributed by atoms with Crippen molar-refractivity contribution in [2.45, 2.75) is 39.7 Å². The average Bonchev–Trinajstić information content (AvgIpc) is 2.35. The minimum atomic E-state index is 0.0318. The van der Waals surface area contributed by atoms with Crippen molar-refractivity contribution in [1.82, 2.24) is 4.90 Å². The van der Waals surface area contributed by atoms with Crippen LogP contribution >= 0.6 is 0 Å². The topological polar surface area (TPSA) is 40.5 Å². The second-order valence-corrected chi connectivity index (χ2v) is 5.49. The quantitative estimate of drug-likeness (QED) is 0.828. The van der Waals surface area contributed by atoms with E-state index in [-0.39, 0.29) is 17.7 Å². The average molecular weight is 247 g/mol. The number of aryl methyl sites for hydroxylation is 1. The third kappa shape index (κ3) is 2.50. The molecule has 0 radical (unpaired) electrons. The number of amides is 1. The summed E-state index contributed by atoms with van der Waals surface area (Å²) in [6.45, 7) is 6.92. The smallest absolute Gasteiger partial charge is 0.254 e. The Hall–Kier alpha value is -1.51. The molecule has 1 aliphatic heterocycles. The molecule has 18 heavy (non-hydrogen) atoms. The van der Waals surface area contributed by atoms with Gasteiger partial charge in [0, 0.05) is 18.2 Å². The van der Waals surface area contributed by atoms with Gasteiger partial charge in [-0.2, -0.15) is 0 Å². The number of nitrogens with zero attached hydrogens (tertiary/aromatic N) is 1. The van der Waals surface area contributed by atoms with Crippen LogP contribution in [0.1, 0.15) is 42.6 Å². The highest BCUT2D eigenvalue weighted by molar-refractivity contribution is 5.95. The van der Waals surface area contributed by atoms with Crippen molar-refractivity contribution in [1.29, 1.82) is 0 Å². The van der Waals surface area contributed by atoms with E-state index in [4.69, 9.17) is 0 Å². The number of carbonyl (C=O) groups is 1. The molecular weight excluding hydrogens is 226 g/mol. The van der Waals surface area contributed by atoms with Crippen molar-refractivity contribution in [2.75, 3.05) is 6.54 Å². The minimum Gasteiger partial charge on any atom is -0.508 e. The zero-order valence-corrected chi connectivity index (χ0v) is 11.3. The minimum absolute atomic E-state index is 0.0318. The van der Waals surface area contributed by atoms with Gasteiger partial charge in [0.25, 0.3) is 5.91 Å². The standard InChI is InChI=1S/C15H21NO2/c1-10-4-6-12(3)16(9-10)15(18)13-7-5-11(2)14(17)8-13/h5,7-8,10,12,17H,4,6,9H2,1-3H3. The molecule has 0 aliphatic carbocycles. The lowest BCUT2D eigenvalue weighted by atomic mass is 9.94. The number of benzene rings is 1. The molecule has 0 spiro atoms. The van der Waals surface area contributed by atoms with Crippen LogP contribution in [-0.4, -0.2) is 28.5 Å². The molecule has 1 heterocycles. The van der Waals surface area contributed by atoms with E-state index in [1.807, 2.05) is 11.8 Å². The molecule has 2 rings (SSSR count). The summed E-state index contributed by atoms with van der Waals surface area (Å²) in [7, 11) is 0. The van der Waals surface area contributed by atoms with Gasteiger partial charge in [0.05, 0.1) is 0 Å². The number of piperidine rings is 1. The van der Waals surface area contributed by atoms with E-state index >= 15 is 0 Å². The zero-order valence-electron chi connectivity index (χ0n) is 11.3. The Bertz CT molecular complexity index is 456. The SMILES string of the molecule is Cc1ccc(C(=O)N2CC(C)CCC2C)cc1O. The van der Waals surface area contributed by atoms with Crippen LogP contribution in [0.3, 0.4) is 0 Å². The number of phenols is 1. The van der Waals surface area contributed by atoms with Gasteiger partial charge < -0.3 is 10.0 Å². The summed E-state index contributed by atoms with van der Waals surface area (Å²) in [6, 6.07) is 5.45. The van der Waals surface area contributed by atoms with E-state index in [1.54, 1.807) is 18.2 Å². The van der Waals surface area contributed by atoms with Crippen molar-refractivity contribution >= 4 is 5.91 Å². The molecule has 98 valence electrons. The van der Waals surface area contributed by atoms with Gasteiger partial charge in [0.15, 0.2) is 0 Å². The van der Waals surface area contributed by atoms with Crippen molar-refractivity contribution in [3.8, 4) is 5.75 Å². The zero-order chi connectivity index (χ0) is 13.3. The highest BCUT2D eigenvalue weighted by Gasteiger charge is 2.27. The third-order valence-electron chi connectivity index (χ3n) is 3.83. The van der Waals surface area contributed by atoms with Gasteiger partial charge in [0.2, 0.25) is 0 Å². The van der Waals surface area contributed by atoms with Crippen LogP contribution < -0.4 is 0 Å². The van der Waals surface area contributed by atoms with E-state index in [0.717, 1.165) is 18.5 Å². The molecule has 0 bridgehead atoms. The largest absolute Gasteiger partial charge is 0.508 e. The Labute approximate surface area is 108 Å². The van der Waals surface area contributed by atoms with Gasteiger partial charge >= 0.3 is 0 Å². The summed E-state index contributed by atoms with van der Waals surface area (Å²) < 4.78 is 0. The van der Waals surface area contributed by atoms with Crippen molar-refractivity contribution < 1.29 is 9.90 Å². The summed E-state index contributed by atoms with van der Waals surface area (Å²) >= 11 is 0. The van der Waals surface area contributed by atoms with E-state index in [9.17, 15) is 9.90 Å². The number of hydrogen-bond acceptors (Lipinski definition) is 2. The number of phenolic OH excluding ortho intramolecular Hbond substituents is 1. The van der Waals surface area contributed by atoms with Crippen LogP contribution in [0.25, 0.3) is 0 Å². The van der Waals surface area contributed by atoms with Crippen molar-refractivity contribution in [3.63, 3.8) is 0 Å². The Balaban J connectivity index is 2.21. The first kappa shape index (κ1) is 12.9. The van der Waals surface area contributed by atoms with Gasteiger partial charge in [-0.1, -0.05) is 13.0 Å². The predicted molar refractivity (Wildman–Crippen MR) is 71.7 cm³/mol.